The first-order valence-corrected chi connectivity index (χ1v) is 7.36. The molecule has 0 saturated carbocycles. The van der Waals surface area contributed by atoms with E-state index in [1.807, 2.05) is 11.8 Å². The fourth-order valence-electron chi connectivity index (χ4n) is 1.37. The van der Waals surface area contributed by atoms with Crippen molar-refractivity contribution < 1.29 is 30.0 Å². The van der Waals surface area contributed by atoms with Gasteiger partial charge in [-0.05, 0) is 36.4 Å². The fourth-order valence-corrected chi connectivity index (χ4v) is 1.98. The van der Waals surface area contributed by atoms with Gasteiger partial charge in [0.25, 0.3) is 0 Å². The summed E-state index contributed by atoms with van der Waals surface area (Å²) in [5, 5.41) is 32.2. The number of carboxylic acid groups (broad SMARTS) is 2. The summed E-state index contributed by atoms with van der Waals surface area (Å²) in [6.45, 7) is -0.250. The minimum Gasteiger partial charge on any atom is -0.478 e. The lowest BCUT2D eigenvalue weighted by Gasteiger charge is -1.94. The van der Waals surface area contributed by atoms with Gasteiger partial charge in [0.05, 0.1) is 24.3 Å². The predicted octanol–water partition coefficient (Wildman–Crippen LogP) is 2.21. The van der Waals surface area contributed by atoms with E-state index < -0.39 is 11.9 Å². The fraction of sp³-hybridized carbons (Fsp3) is 0.125. The van der Waals surface area contributed by atoms with Crippen LogP contribution >= 0.6 is 11.8 Å². The number of aromatic carboxylic acids is 2. The molecule has 7 heteroatoms. The average molecular weight is 336 g/mol. The van der Waals surface area contributed by atoms with Gasteiger partial charge in [0.15, 0.2) is 0 Å². The van der Waals surface area contributed by atoms with Crippen molar-refractivity contribution in [2.45, 2.75) is 9.79 Å². The van der Waals surface area contributed by atoms with Gasteiger partial charge >= 0.3 is 11.9 Å². The Hall–Kier alpha value is -2.35. The third kappa shape index (κ3) is 6.96. The van der Waals surface area contributed by atoms with Crippen LogP contribution < -0.4 is 0 Å². The number of benzene rings is 2. The lowest BCUT2D eigenvalue weighted by Crippen LogP contribution is -1.99. The largest absolute Gasteiger partial charge is 0.478 e. The Bertz CT molecular complexity index is 598. The highest BCUT2D eigenvalue weighted by Crippen LogP contribution is 2.47. The molecule has 0 saturated heterocycles. The Morgan fingerprint density at radius 2 is 1.09 bits per heavy atom. The van der Waals surface area contributed by atoms with Crippen molar-refractivity contribution in [3.05, 3.63) is 59.7 Å². The molecule has 0 amide bonds. The van der Waals surface area contributed by atoms with Gasteiger partial charge in [0, 0.05) is 9.79 Å². The number of carboxylic acids is 2. The first-order valence-electron chi connectivity index (χ1n) is 6.54. The molecule has 2 aromatic carbocycles. The summed E-state index contributed by atoms with van der Waals surface area (Å²) in [6, 6.07) is 13.4. The van der Waals surface area contributed by atoms with Gasteiger partial charge in [-0.25, -0.2) is 9.59 Å². The molecule has 0 bridgehead atoms. The molecule has 0 atom stereocenters. The summed E-state index contributed by atoms with van der Waals surface area (Å²) < 4.78 is 0. The van der Waals surface area contributed by atoms with Gasteiger partial charge in [-0.2, -0.15) is 0 Å². The summed E-state index contributed by atoms with van der Waals surface area (Å²) >= 11 is 1.86. The summed E-state index contributed by atoms with van der Waals surface area (Å²) in [6.07, 6.45) is 0. The number of aliphatic hydroxyl groups is 2. The van der Waals surface area contributed by atoms with Crippen LogP contribution in [0.2, 0.25) is 0 Å². The molecule has 1 aliphatic heterocycles. The molecule has 4 N–H and O–H groups in total. The van der Waals surface area contributed by atoms with Crippen LogP contribution in [0, 0.1) is 0 Å². The van der Waals surface area contributed by atoms with E-state index in [0.29, 0.717) is 0 Å². The molecule has 23 heavy (non-hydrogen) atoms. The van der Waals surface area contributed by atoms with Crippen LogP contribution in [0.5, 0.6) is 0 Å². The minimum absolute atomic E-state index is 0.0833. The summed E-state index contributed by atoms with van der Waals surface area (Å²) in [5.74, 6) is -2.13. The smallest absolute Gasteiger partial charge is 0.335 e. The van der Waals surface area contributed by atoms with Crippen LogP contribution in [-0.4, -0.2) is 45.6 Å². The van der Waals surface area contributed by atoms with Crippen molar-refractivity contribution in [1.82, 2.24) is 0 Å². The van der Waals surface area contributed by atoms with Crippen LogP contribution in [-0.2, 0) is 0 Å². The molecule has 122 valence electrons. The molecule has 1 heterocycles. The Morgan fingerprint density at radius 1 is 0.739 bits per heavy atom. The number of carbonyl (C=O) groups is 2. The van der Waals surface area contributed by atoms with E-state index in [1.165, 1.54) is 34.1 Å². The summed E-state index contributed by atoms with van der Waals surface area (Å²) in [4.78, 5) is 23.6. The first-order chi connectivity index (χ1) is 11.0. The normalized spacial score (nSPS) is 10.2. The number of hydrogen-bond donors (Lipinski definition) is 4. The van der Waals surface area contributed by atoms with Gasteiger partial charge in [0.1, 0.15) is 0 Å². The summed E-state index contributed by atoms with van der Waals surface area (Å²) in [5.41, 5.74) is 0.167. The summed E-state index contributed by atoms with van der Waals surface area (Å²) in [7, 11) is 0. The van der Waals surface area contributed by atoms with Crippen molar-refractivity contribution in [3.8, 4) is 0 Å². The minimum atomic E-state index is -1.06. The zero-order valence-electron chi connectivity index (χ0n) is 12.0. The van der Waals surface area contributed by atoms with Crippen molar-refractivity contribution in [2.75, 3.05) is 13.2 Å². The standard InChI is InChI=1S/C8H6O4.C6H4S.C2H6O2/c9-7(10)5-1-2-6(4-3-5)8(11)12;1-2-4-6-5(3-1)7-6;3-1-2-4/h1-4H,(H,9,10)(H,11,12);1-4H;3-4H,1-2H2. The monoisotopic (exact) mass is 336 g/mol. The zero-order valence-corrected chi connectivity index (χ0v) is 12.9. The average Bonchev–Trinajstić information content (AvgIpc) is 3.35. The third-order valence-corrected chi connectivity index (χ3v) is 3.45. The van der Waals surface area contributed by atoms with Gasteiger partial charge in [-0.1, -0.05) is 23.9 Å². The molecule has 1 aliphatic rings. The topological polar surface area (TPSA) is 115 Å². The number of aliphatic hydroxyl groups excluding tert-OH is 2. The maximum absolute atomic E-state index is 10.3. The maximum atomic E-state index is 10.3. The van der Waals surface area contributed by atoms with Crippen molar-refractivity contribution in [1.29, 1.82) is 0 Å². The van der Waals surface area contributed by atoms with Crippen molar-refractivity contribution >= 4 is 23.7 Å². The first kappa shape index (κ1) is 18.7. The molecular formula is C16H16O6S. The van der Waals surface area contributed by atoms with Gasteiger partial charge in [0.2, 0.25) is 0 Å². The Kier molecular flexibility index (Phi) is 7.82. The van der Waals surface area contributed by atoms with E-state index in [1.54, 1.807) is 0 Å². The molecule has 2 aromatic rings. The molecule has 0 fully saturated rings. The second-order valence-electron chi connectivity index (χ2n) is 4.18. The molecule has 0 aliphatic carbocycles. The Morgan fingerprint density at radius 3 is 1.30 bits per heavy atom. The van der Waals surface area contributed by atoms with Crippen LogP contribution in [0.3, 0.4) is 0 Å². The highest BCUT2D eigenvalue weighted by atomic mass is 32.2. The molecule has 6 nitrogen and oxygen atoms in total. The molecular weight excluding hydrogens is 320 g/mol. The van der Waals surface area contributed by atoms with Crippen molar-refractivity contribution in [2.24, 2.45) is 0 Å². The van der Waals surface area contributed by atoms with Gasteiger partial charge in [-0.15, -0.1) is 0 Å². The van der Waals surface area contributed by atoms with E-state index in [0.717, 1.165) is 0 Å². The van der Waals surface area contributed by atoms with E-state index >= 15 is 0 Å². The third-order valence-electron chi connectivity index (χ3n) is 2.51. The second-order valence-corrected chi connectivity index (χ2v) is 5.27. The van der Waals surface area contributed by atoms with E-state index in [-0.39, 0.29) is 24.3 Å². The van der Waals surface area contributed by atoms with Crippen LogP contribution in [0.4, 0.5) is 0 Å². The van der Waals surface area contributed by atoms with Gasteiger partial charge in [-0.3, -0.25) is 0 Å². The van der Waals surface area contributed by atoms with Crippen LogP contribution in [0.1, 0.15) is 20.7 Å². The zero-order chi connectivity index (χ0) is 17.2. The van der Waals surface area contributed by atoms with Crippen molar-refractivity contribution in [3.63, 3.8) is 0 Å². The molecule has 0 radical (unpaired) electrons. The second kappa shape index (κ2) is 9.62. The molecule has 0 unspecified atom stereocenters. The van der Waals surface area contributed by atoms with E-state index in [2.05, 4.69) is 24.3 Å². The number of fused-ring (bicyclic) bond motifs is 1. The maximum Gasteiger partial charge on any atom is 0.335 e. The highest BCUT2D eigenvalue weighted by Gasteiger charge is 2.14. The molecule has 0 spiro atoms. The van der Waals surface area contributed by atoms with E-state index in [9.17, 15) is 9.59 Å². The van der Waals surface area contributed by atoms with Gasteiger partial charge < -0.3 is 20.4 Å². The SMILES string of the molecule is O=C(O)c1ccc(C(=O)O)cc1.OCCO.c1ccc2c(c1)S2. The predicted molar refractivity (Wildman–Crippen MR) is 85.1 cm³/mol. The lowest BCUT2D eigenvalue weighted by molar-refractivity contribution is 0.0681. The Balaban J connectivity index is 0.000000201. The lowest BCUT2D eigenvalue weighted by atomic mass is 10.1. The molecule has 3 rings (SSSR count). The van der Waals surface area contributed by atoms with E-state index in [4.69, 9.17) is 20.4 Å². The van der Waals surface area contributed by atoms with Crippen LogP contribution in [0.15, 0.2) is 58.3 Å². The Labute approximate surface area is 137 Å². The highest BCUT2D eigenvalue weighted by molar-refractivity contribution is 8.04. The van der Waals surface area contributed by atoms with Crippen LogP contribution in [0.25, 0.3) is 0 Å². The quantitative estimate of drug-likeness (QED) is 0.542. The number of hydrogen-bond acceptors (Lipinski definition) is 5. The molecule has 0 aromatic heterocycles. The number of rotatable bonds is 3.